The van der Waals surface area contributed by atoms with Crippen LogP contribution in [0.3, 0.4) is 0 Å². The fraction of sp³-hybridized carbons (Fsp3) is 0.571. The lowest BCUT2D eigenvalue weighted by Crippen LogP contribution is -2.29. The Labute approximate surface area is 108 Å². The van der Waals surface area contributed by atoms with Crippen molar-refractivity contribution in [3.8, 4) is 5.75 Å². The van der Waals surface area contributed by atoms with Crippen molar-refractivity contribution in [2.75, 3.05) is 19.0 Å². The van der Waals surface area contributed by atoms with Crippen molar-refractivity contribution in [2.24, 2.45) is 0 Å². The minimum Gasteiger partial charge on any atom is -0.494 e. The smallest absolute Gasteiger partial charge is 0.167 e. The molecular formula is C14H21FN2O. The number of ether oxygens (including phenoxy) is 1. The minimum absolute atomic E-state index is 0.283. The molecule has 0 saturated carbocycles. The number of hydrogen-bond acceptors (Lipinski definition) is 3. The van der Waals surface area contributed by atoms with Crippen LogP contribution in [0.2, 0.25) is 0 Å². The zero-order valence-corrected chi connectivity index (χ0v) is 11.0. The summed E-state index contributed by atoms with van der Waals surface area (Å²) in [5.74, 6) is -0.0423. The molecule has 2 atom stereocenters. The summed E-state index contributed by atoms with van der Waals surface area (Å²) in [5.41, 5.74) is 0.804. The van der Waals surface area contributed by atoms with Gasteiger partial charge in [0, 0.05) is 23.8 Å². The normalized spacial score (nSPS) is 20.7. The van der Waals surface area contributed by atoms with Gasteiger partial charge in [0.1, 0.15) is 0 Å². The Kier molecular flexibility index (Phi) is 4.42. The molecule has 100 valence electrons. The molecule has 3 nitrogen and oxygen atoms in total. The standard InChI is InChI=1S/C14H21FN2O/c1-10(8-11-4-3-7-16-11)17-12-5-6-14(18-2)13(15)9-12/h5-6,9-11,16-17H,3-4,7-8H2,1-2H3. The first-order valence-electron chi connectivity index (χ1n) is 6.52. The van der Waals surface area contributed by atoms with E-state index >= 15 is 0 Å². The SMILES string of the molecule is COc1ccc(NC(C)CC2CCCN2)cc1F. The molecular weight excluding hydrogens is 231 g/mol. The van der Waals surface area contributed by atoms with E-state index in [1.54, 1.807) is 6.07 Å². The molecule has 0 amide bonds. The molecule has 1 aliphatic rings. The van der Waals surface area contributed by atoms with Crippen molar-refractivity contribution in [1.82, 2.24) is 5.32 Å². The maximum Gasteiger partial charge on any atom is 0.167 e. The van der Waals surface area contributed by atoms with Gasteiger partial charge in [-0.2, -0.15) is 0 Å². The average Bonchev–Trinajstić information content (AvgIpc) is 2.82. The Morgan fingerprint density at radius 1 is 1.56 bits per heavy atom. The first-order valence-corrected chi connectivity index (χ1v) is 6.52. The number of hydrogen-bond donors (Lipinski definition) is 2. The Morgan fingerprint density at radius 3 is 3.00 bits per heavy atom. The molecule has 1 aromatic rings. The van der Waals surface area contributed by atoms with E-state index in [2.05, 4.69) is 17.6 Å². The van der Waals surface area contributed by atoms with E-state index in [0.717, 1.165) is 18.7 Å². The second-order valence-corrected chi connectivity index (χ2v) is 4.92. The van der Waals surface area contributed by atoms with Crippen LogP contribution in [-0.4, -0.2) is 25.7 Å². The van der Waals surface area contributed by atoms with Crippen LogP contribution in [0.25, 0.3) is 0 Å². The van der Waals surface area contributed by atoms with Gasteiger partial charge in [-0.15, -0.1) is 0 Å². The molecule has 1 heterocycles. The quantitative estimate of drug-likeness (QED) is 0.845. The van der Waals surface area contributed by atoms with Crippen LogP contribution < -0.4 is 15.4 Å². The first-order chi connectivity index (χ1) is 8.69. The predicted molar refractivity (Wildman–Crippen MR) is 71.7 cm³/mol. The van der Waals surface area contributed by atoms with E-state index in [9.17, 15) is 4.39 Å². The van der Waals surface area contributed by atoms with Crippen LogP contribution in [0.15, 0.2) is 18.2 Å². The highest BCUT2D eigenvalue weighted by molar-refractivity contribution is 5.47. The van der Waals surface area contributed by atoms with Gasteiger partial charge >= 0.3 is 0 Å². The molecule has 4 heteroatoms. The summed E-state index contributed by atoms with van der Waals surface area (Å²) in [7, 11) is 1.47. The lowest BCUT2D eigenvalue weighted by molar-refractivity contribution is 0.386. The molecule has 0 radical (unpaired) electrons. The highest BCUT2D eigenvalue weighted by Gasteiger charge is 2.17. The lowest BCUT2D eigenvalue weighted by Gasteiger charge is -2.19. The van der Waals surface area contributed by atoms with Crippen LogP contribution in [0, 0.1) is 5.82 Å². The molecule has 0 aromatic heterocycles. The van der Waals surface area contributed by atoms with E-state index in [0.29, 0.717) is 12.1 Å². The number of rotatable bonds is 5. The van der Waals surface area contributed by atoms with E-state index in [1.165, 1.54) is 26.0 Å². The number of benzene rings is 1. The van der Waals surface area contributed by atoms with Crippen LogP contribution >= 0.6 is 0 Å². The van der Waals surface area contributed by atoms with Crippen LogP contribution in [0.5, 0.6) is 5.75 Å². The van der Waals surface area contributed by atoms with Gasteiger partial charge in [0.05, 0.1) is 7.11 Å². The van der Waals surface area contributed by atoms with E-state index in [1.807, 2.05) is 6.07 Å². The number of nitrogens with one attached hydrogen (secondary N) is 2. The summed E-state index contributed by atoms with van der Waals surface area (Å²) in [6.07, 6.45) is 3.56. The molecule has 2 N–H and O–H groups in total. The summed E-state index contributed by atoms with van der Waals surface area (Å²) < 4.78 is 18.4. The third kappa shape index (κ3) is 3.35. The molecule has 1 aromatic carbocycles. The van der Waals surface area contributed by atoms with Crippen molar-refractivity contribution in [2.45, 2.75) is 38.3 Å². The van der Waals surface area contributed by atoms with E-state index in [4.69, 9.17) is 4.74 Å². The molecule has 1 saturated heterocycles. The van der Waals surface area contributed by atoms with Crippen LogP contribution in [0.1, 0.15) is 26.2 Å². The number of halogens is 1. The molecule has 18 heavy (non-hydrogen) atoms. The molecule has 0 aliphatic carbocycles. The molecule has 0 bridgehead atoms. The lowest BCUT2D eigenvalue weighted by atomic mass is 10.1. The van der Waals surface area contributed by atoms with Gasteiger partial charge in [0.15, 0.2) is 11.6 Å². The van der Waals surface area contributed by atoms with Crippen molar-refractivity contribution in [3.05, 3.63) is 24.0 Å². The van der Waals surface area contributed by atoms with Gasteiger partial charge < -0.3 is 15.4 Å². The Morgan fingerprint density at radius 2 is 2.39 bits per heavy atom. The second-order valence-electron chi connectivity index (χ2n) is 4.92. The maximum atomic E-state index is 13.5. The summed E-state index contributed by atoms with van der Waals surface area (Å²) in [6.45, 7) is 3.25. The number of methoxy groups -OCH3 is 1. The Hall–Kier alpha value is -1.29. The number of anilines is 1. The third-order valence-corrected chi connectivity index (χ3v) is 3.37. The highest BCUT2D eigenvalue weighted by Crippen LogP contribution is 2.22. The molecule has 0 spiro atoms. The summed E-state index contributed by atoms with van der Waals surface area (Å²) in [5, 5.41) is 6.79. The second kappa shape index (κ2) is 6.05. The Balaban J connectivity index is 1.89. The fourth-order valence-corrected chi connectivity index (χ4v) is 2.48. The topological polar surface area (TPSA) is 33.3 Å². The largest absolute Gasteiger partial charge is 0.494 e. The van der Waals surface area contributed by atoms with Gasteiger partial charge in [-0.1, -0.05) is 0 Å². The molecule has 1 fully saturated rings. The van der Waals surface area contributed by atoms with Crippen molar-refractivity contribution in [1.29, 1.82) is 0 Å². The monoisotopic (exact) mass is 252 g/mol. The Bertz CT molecular complexity index is 391. The third-order valence-electron chi connectivity index (χ3n) is 3.37. The van der Waals surface area contributed by atoms with Gasteiger partial charge in [-0.25, -0.2) is 4.39 Å². The zero-order valence-electron chi connectivity index (χ0n) is 11.0. The highest BCUT2D eigenvalue weighted by atomic mass is 19.1. The minimum atomic E-state index is -0.325. The van der Waals surface area contributed by atoms with E-state index < -0.39 is 0 Å². The van der Waals surface area contributed by atoms with Gasteiger partial charge in [-0.3, -0.25) is 0 Å². The van der Waals surface area contributed by atoms with Gasteiger partial charge in [0.2, 0.25) is 0 Å². The fourth-order valence-electron chi connectivity index (χ4n) is 2.48. The summed E-state index contributed by atoms with van der Waals surface area (Å²) in [4.78, 5) is 0. The summed E-state index contributed by atoms with van der Waals surface area (Å²) >= 11 is 0. The average molecular weight is 252 g/mol. The van der Waals surface area contributed by atoms with E-state index in [-0.39, 0.29) is 11.6 Å². The molecule has 2 unspecified atom stereocenters. The summed E-state index contributed by atoms with van der Waals surface area (Å²) in [6, 6.07) is 5.90. The van der Waals surface area contributed by atoms with Crippen LogP contribution in [0.4, 0.5) is 10.1 Å². The van der Waals surface area contributed by atoms with Crippen LogP contribution in [-0.2, 0) is 0 Å². The molecule has 2 rings (SSSR count). The first kappa shape index (κ1) is 13.1. The van der Waals surface area contributed by atoms with Crippen molar-refractivity contribution >= 4 is 5.69 Å². The van der Waals surface area contributed by atoms with Crippen molar-refractivity contribution < 1.29 is 9.13 Å². The predicted octanol–water partition coefficient (Wildman–Crippen LogP) is 2.78. The van der Waals surface area contributed by atoms with Crippen molar-refractivity contribution in [3.63, 3.8) is 0 Å². The molecule has 1 aliphatic heterocycles. The zero-order chi connectivity index (χ0) is 13.0. The van der Waals surface area contributed by atoms with Gasteiger partial charge in [-0.05, 0) is 44.9 Å². The van der Waals surface area contributed by atoms with Gasteiger partial charge in [0.25, 0.3) is 0 Å². The maximum absolute atomic E-state index is 13.5.